The third-order valence-corrected chi connectivity index (χ3v) is 2.43. The minimum Gasteiger partial charge on any atom is -0.389 e. The molecule has 0 aliphatic heterocycles. The van der Waals surface area contributed by atoms with Crippen LogP contribution in [-0.2, 0) is 6.42 Å². The van der Waals surface area contributed by atoms with E-state index in [4.69, 9.17) is 0 Å². The fourth-order valence-electron chi connectivity index (χ4n) is 1.09. The Kier molecular flexibility index (Phi) is 3.66. The Balaban J connectivity index is 2.22. The Hall–Kier alpha value is -0.870. The largest absolute Gasteiger partial charge is 0.389 e. The lowest BCUT2D eigenvalue weighted by Crippen LogP contribution is -2.45. The van der Waals surface area contributed by atoms with Crippen LogP contribution in [0.25, 0.3) is 0 Å². The van der Waals surface area contributed by atoms with Gasteiger partial charge in [-0.3, -0.25) is 0 Å². The molecule has 4 heteroatoms. The summed E-state index contributed by atoms with van der Waals surface area (Å²) in [6.07, 6.45) is 4.41. The molecule has 1 atom stereocenters. The molecule has 0 saturated heterocycles. The van der Waals surface area contributed by atoms with Crippen molar-refractivity contribution in [3.63, 3.8) is 0 Å². The number of aromatic nitrogens is 2. The summed E-state index contributed by atoms with van der Waals surface area (Å²) < 4.78 is 0. The number of hydrogen-bond acceptors (Lipinski definition) is 3. The Labute approximate surface area is 84.8 Å². The first-order valence-electron chi connectivity index (χ1n) is 4.94. The fraction of sp³-hybridized carbons (Fsp3) is 0.700. The molecule has 0 fully saturated rings. The van der Waals surface area contributed by atoms with Crippen LogP contribution in [0.5, 0.6) is 0 Å². The van der Waals surface area contributed by atoms with E-state index in [0.717, 1.165) is 18.8 Å². The molecule has 0 spiro atoms. The number of rotatable bonds is 5. The van der Waals surface area contributed by atoms with Crippen LogP contribution in [0.15, 0.2) is 12.4 Å². The first-order chi connectivity index (χ1) is 6.50. The molecule has 0 aromatic carbocycles. The van der Waals surface area contributed by atoms with Crippen LogP contribution in [0.3, 0.4) is 0 Å². The molecule has 0 aliphatic rings. The Bertz CT molecular complexity index is 251. The van der Waals surface area contributed by atoms with Gasteiger partial charge in [-0.2, -0.15) is 0 Å². The molecule has 1 aromatic heterocycles. The van der Waals surface area contributed by atoms with E-state index < -0.39 is 5.60 Å². The van der Waals surface area contributed by atoms with Gasteiger partial charge in [0.1, 0.15) is 5.82 Å². The van der Waals surface area contributed by atoms with Gasteiger partial charge in [0.05, 0.1) is 5.60 Å². The van der Waals surface area contributed by atoms with Crippen molar-refractivity contribution < 1.29 is 5.11 Å². The normalized spacial score (nSPS) is 14.3. The van der Waals surface area contributed by atoms with Crippen molar-refractivity contribution >= 4 is 0 Å². The highest BCUT2D eigenvalue weighted by Crippen LogP contribution is 2.06. The van der Waals surface area contributed by atoms with E-state index in [0.29, 0.717) is 0 Å². The average molecular weight is 197 g/mol. The Morgan fingerprint density at radius 3 is 2.86 bits per heavy atom. The van der Waals surface area contributed by atoms with E-state index in [1.807, 2.05) is 13.1 Å². The molecule has 14 heavy (non-hydrogen) atoms. The van der Waals surface area contributed by atoms with Crippen LogP contribution in [0.2, 0.25) is 0 Å². The third kappa shape index (κ3) is 3.47. The maximum absolute atomic E-state index is 9.66. The molecule has 0 radical (unpaired) electrons. The number of H-pyrrole nitrogens is 1. The molecule has 0 aliphatic carbocycles. The van der Waals surface area contributed by atoms with E-state index in [-0.39, 0.29) is 6.04 Å². The Morgan fingerprint density at radius 2 is 2.36 bits per heavy atom. The standard InChI is InChI=1S/C10H19N3O/c1-8(10(2,3)14)11-5-4-9-12-6-7-13-9/h6-8,11,14H,4-5H2,1-3H3,(H,12,13). The molecule has 0 saturated carbocycles. The van der Waals surface area contributed by atoms with Gasteiger partial charge in [-0.25, -0.2) is 4.98 Å². The van der Waals surface area contributed by atoms with Crippen molar-refractivity contribution in [2.75, 3.05) is 6.54 Å². The SMILES string of the molecule is CC(NCCc1ncc[nH]1)C(C)(C)O. The molecule has 1 aromatic rings. The van der Waals surface area contributed by atoms with Gasteiger partial charge in [-0.15, -0.1) is 0 Å². The maximum Gasteiger partial charge on any atom is 0.107 e. The van der Waals surface area contributed by atoms with Crippen molar-refractivity contribution in [2.24, 2.45) is 0 Å². The van der Waals surface area contributed by atoms with Crippen LogP contribution < -0.4 is 5.32 Å². The van der Waals surface area contributed by atoms with E-state index in [2.05, 4.69) is 15.3 Å². The van der Waals surface area contributed by atoms with Crippen LogP contribution in [0.1, 0.15) is 26.6 Å². The minimum absolute atomic E-state index is 0.0810. The molecule has 3 N–H and O–H groups in total. The zero-order chi connectivity index (χ0) is 10.6. The van der Waals surface area contributed by atoms with Crippen molar-refractivity contribution in [1.82, 2.24) is 15.3 Å². The number of imidazole rings is 1. The number of hydrogen-bond donors (Lipinski definition) is 3. The van der Waals surface area contributed by atoms with Gasteiger partial charge in [0, 0.05) is 31.4 Å². The summed E-state index contributed by atoms with van der Waals surface area (Å²) >= 11 is 0. The van der Waals surface area contributed by atoms with Gasteiger partial charge in [0.2, 0.25) is 0 Å². The number of nitrogens with one attached hydrogen (secondary N) is 2. The molecule has 0 amide bonds. The van der Waals surface area contributed by atoms with Crippen molar-refractivity contribution in [2.45, 2.75) is 38.8 Å². The van der Waals surface area contributed by atoms with Crippen molar-refractivity contribution in [3.8, 4) is 0 Å². The van der Waals surface area contributed by atoms with Gasteiger partial charge in [0.15, 0.2) is 0 Å². The van der Waals surface area contributed by atoms with Crippen LogP contribution in [0.4, 0.5) is 0 Å². The summed E-state index contributed by atoms with van der Waals surface area (Å²) in [7, 11) is 0. The summed E-state index contributed by atoms with van der Waals surface area (Å²) in [5, 5.41) is 12.9. The van der Waals surface area contributed by atoms with Crippen molar-refractivity contribution in [3.05, 3.63) is 18.2 Å². The molecule has 1 unspecified atom stereocenters. The van der Waals surface area contributed by atoms with E-state index in [9.17, 15) is 5.11 Å². The summed E-state index contributed by atoms with van der Waals surface area (Å²) in [5.41, 5.74) is -0.677. The van der Waals surface area contributed by atoms with Crippen LogP contribution >= 0.6 is 0 Å². The Morgan fingerprint density at radius 1 is 1.64 bits per heavy atom. The molecule has 80 valence electrons. The second-order valence-electron chi connectivity index (χ2n) is 4.12. The smallest absolute Gasteiger partial charge is 0.107 e. The minimum atomic E-state index is -0.677. The second kappa shape index (κ2) is 4.57. The topological polar surface area (TPSA) is 60.9 Å². The zero-order valence-electron chi connectivity index (χ0n) is 9.04. The molecule has 0 bridgehead atoms. The third-order valence-electron chi connectivity index (χ3n) is 2.43. The number of nitrogens with zero attached hydrogens (tertiary/aromatic N) is 1. The van der Waals surface area contributed by atoms with Crippen LogP contribution in [0, 0.1) is 0 Å². The average Bonchev–Trinajstić information content (AvgIpc) is 2.55. The lowest BCUT2D eigenvalue weighted by Gasteiger charge is -2.26. The highest BCUT2D eigenvalue weighted by atomic mass is 16.3. The van der Waals surface area contributed by atoms with E-state index in [1.165, 1.54) is 0 Å². The molecular formula is C10H19N3O. The number of aliphatic hydroxyl groups is 1. The quantitative estimate of drug-likeness (QED) is 0.651. The zero-order valence-corrected chi connectivity index (χ0v) is 9.04. The fourth-order valence-corrected chi connectivity index (χ4v) is 1.09. The van der Waals surface area contributed by atoms with Gasteiger partial charge in [0.25, 0.3) is 0 Å². The lowest BCUT2D eigenvalue weighted by molar-refractivity contribution is 0.0446. The molecule has 1 heterocycles. The van der Waals surface area contributed by atoms with E-state index >= 15 is 0 Å². The molecular weight excluding hydrogens is 178 g/mol. The first kappa shape index (κ1) is 11.2. The summed E-state index contributed by atoms with van der Waals surface area (Å²) in [5.74, 6) is 0.973. The molecule has 4 nitrogen and oxygen atoms in total. The van der Waals surface area contributed by atoms with Gasteiger partial charge < -0.3 is 15.4 Å². The van der Waals surface area contributed by atoms with E-state index in [1.54, 1.807) is 20.0 Å². The lowest BCUT2D eigenvalue weighted by atomic mass is 10.0. The number of aromatic amines is 1. The van der Waals surface area contributed by atoms with Gasteiger partial charge >= 0.3 is 0 Å². The predicted octanol–water partition coefficient (Wildman–Crippen LogP) is 0.701. The summed E-state index contributed by atoms with van der Waals surface area (Å²) in [6, 6.07) is 0.0810. The van der Waals surface area contributed by atoms with Crippen molar-refractivity contribution in [1.29, 1.82) is 0 Å². The highest BCUT2D eigenvalue weighted by molar-refractivity contribution is 4.88. The maximum atomic E-state index is 9.66. The van der Waals surface area contributed by atoms with Gasteiger partial charge in [-0.05, 0) is 20.8 Å². The summed E-state index contributed by atoms with van der Waals surface area (Å²) in [4.78, 5) is 7.15. The van der Waals surface area contributed by atoms with Gasteiger partial charge in [-0.1, -0.05) is 0 Å². The van der Waals surface area contributed by atoms with Crippen LogP contribution in [-0.4, -0.2) is 33.3 Å². The predicted molar refractivity (Wildman–Crippen MR) is 56.1 cm³/mol. The first-order valence-corrected chi connectivity index (χ1v) is 4.94. The molecule has 1 rings (SSSR count). The second-order valence-corrected chi connectivity index (χ2v) is 4.12. The summed E-state index contributed by atoms with van der Waals surface area (Å²) in [6.45, 7) is 6.40. The highest BCUT2D eigenvalue weighted by Gasteiger charge is 2.21. The monoisotopic (exact) mass is 197 g/mol.